The van der Waals surface area contributed by atoms with E-state index in [0.717, 1.165) is 15.6 Å². The van der Waals surface area contributed by atoms with Gasteiger partial charge in [-0.15, -0.1) is 0 Å². The molecular weight excluding hydrogens is 402 g/mol. The zero-order chi connectivity index (χ0) is 18.0. The van der Waals surface area contributed by atoms with Crippen LogP contribution in [0.1, 0.15) is 23.6 Å². The third kappa shape index (κ3) is 3.96. The van der Waals surface area contributed by atoms with E-state index < -0.39 is 0 Å². The molecular formula is C19H16BrNO3S. The van der Waals surface area contributed by atoms with Crippen LogP contribution in [-0.4, -0.2) is 22.7 Å². The van der Waals surface area contributed by atoms with Crippen molar-refractivity contribution < 1.29 is 14.6 Å². The first-order valence-electron chi connectivity index (χ1n) is 7.73. The predicted octanol–water partition coefficient (Wildman–Crippen LogP) is 4.92. The van der Waals surface area contributed by atoms with Crippen molar-refractivity contribution in [1.29, 1.82) is 0 Å². The van der Waals surface area contributed by atoms with E-state index >= 15 is 0 Å². The molecule has 1 aliphatic heterocycles. The smallest absolute Gasteiger partial charge is 0.284 e. The standard InChI is InChI=1S/C19H16BrNO3S/c1-3-24-15-10-14(20)8-13(17(15)22)9-16-18(23)21-19(25-16)12-6-4-11(2)5-7-12/h4-10,22H,3H2,1-2H3/b16-9+. The minimum absolute atomic E-state index is 0.00901. The van der Waals surface area contributed by atoms with Gasteiger partial charge in [0, 0.05) is 15.6 Å². The van der Waals surface area contributed by atoms with Crippen molar-refractivity contribution in [3.8, 4) is 11.5 Å². The van der Waals surface area contributed by atoms with E-state index in [1.165, 1.54) is 11.8 Å². The number of phenolic OH excluding ortho intramolecular Hbond substituents is 1. The van der Waals surface area contributed by atoms with Crippen molar-refractivity contribution >= 4 is 44.7 Å². The second kappa shape index (κ2) is 7.45. The monoisotopic (exact) mass is 417 g/mol. The minimum Gasteiger partial charge on any atom is -0.504 e. The summed E-state index contributed by atoms with van der Waals surface area (Å²) in [5.74, 6) is 0.0755. The van der Waals surface area contributed by atoms with E-state index in [0.29, 0.717) is 27.9 Å². The van der Waals surface area contributed by atoms with Crippen LogP contribution in [0.15, 0.2) is 50.8 Å². The topological polar surface area (TPSA) is 58.9 Å². The molecule has 2 aromatic rings. The van der Waals surface area contributed by atoms with E-state index in [2.05, 4.69) is 20.9 Å². The van der Waals surface area contributed by atoms with Crippen LogP contribution in [0.5, 0.6) is 11.5 Å². The number of benzene rings is 2. The van der Waals surface area contributed by atoms with Crippen LogP contribution in [0, 0.1) is 6.92 Å². The molecule has 128 valence electrons. The number of amides is 1. The third-order valence-electron chi connectivity index (χ3n) is 3.57. The number of aryl methyl sites for hydroxylation is 1. The molecule has 0 bridgehead atoms. The highest BCUT2D eigenvalue weighted by atomic mass is 79.9. The first-order chi connectivity index (χ1) is 12.0. The largest absolute Gasteiger partial charge is 0.504 e. The van der Waals surface area contributed by atoms with Crippen LogP contribution in [0.3, 0.4) is 0 Å². The number of aliphatic imine (C=N–C) groups is 1. The Morgan fingerprint density at radius 3 is 2.68 bits per heavy atom. The van der Waals surface area contributed by atoms with Crippen LogP contribution >= 0.6 is 27.7 Å². The Morgan fingerprint density at radius 2 is 2.00 bits per heavy atom. The van der Waals surface area contributed by atoms with Gasteiger partial charge in [-0.05, 0) is 32.1 Å². The molecule has 1 amide bonds. The summed E-state index contributed by atoms with van der Waals surface area (Å²) >= 11 is 4.70. The molecule has 6 heteroatoms. The summed E-state index contributed by atoms with van der Waals surface area (Å²) in [5, 5.41) is 11.0. The molecule has 0 unspecified atom stereocenters. The molecule has 0 aliphatic carbocycles. The lowest BCUT2D eigenvalue weighted by Gasteiger charge is -2.09. The van der Waals surface area contributed by atoms with Crippen molar-refractivity contribution in [3.05, 3.63) is 62.5 Å². The molecule has 1 aliphatic rings. The van der Waals surface area contributed by atoms with Crippen LogP contribution in [0.2, 0.25) is 0 Å². The highest BCUT2D eigenvalue weighted by molar-refractivity contribution is 9.10. The van der Waals surface area contributed by atoms with Crippen molar-refractivity contribution in [2.45, 2.75) is 13.8 Å². The quantitative estimate of drug-likeness (QED) is 0.716. The lowest BCUT2D eigenvalue weighted by Crippen LogP contribution is -1.94. The molecule has 0 fully saturated rings. The lowest BCUT2D eigenvalue weighted by atomic mass is 10.1. The maximum atomic E-state index is 12.2. The molecule has 0 aromatic heterocycles. The summed E-state index contributed by atoms with van der Waals surface area (Å²) in [7, 11) is 0. The Kier molecular flexibility index (Phi) is 5.30. The number of phenols is 1. The number of aromatic hydroxyl groups is 1. The van der Waals surface area contributed by atoms with Gasteiger partial charge in [-0.2, -0.15) is 0 Å². The number of nitrogens with zero attached hydrogens (tertiary/aromatic N) is 1. The molecule has 3 rings (SSSR count). The fourth-order valence-corrected chi connectivity index (χ4v) is 3.70. The molecule has 2 aromatic carbocycles. The van der Waals surface area contributed by atoms with Gasteiger partial charge >= 0.3 is 0 Å². The van der Waals surface area contributed by atoms with E-state index in [4.69, 9.17) is 4.74 Å². The van der Waals surface area contributed by atoms with Crippen molar-refractivity contribution in [1.82, 2.24) is 0 Å². The second-order valence-corrected chi connectivity index (χ2v) is 7.42. The van der Waals surface area contributed by atoms with Gasteiger partial charge in [-0.1, -0.05) is 57.5 Å². The molecule has 1 heterocycles. The molecule has 25 heavy (non-hydrogen) atoms. The van der Waals surface area contributed by atoms with Gasteiger partial charge in [0.25, 0.3) is 5.91 Å². The predicted molar refractivity (Wildman–Crippen MR) is 105 cm³/mol. The Morgan fingerprint density at radius 1 is 1.28 bits per heavy atom. The lowest BCUT2D eigenvalue weighted by molar-refractivity contribution is -0.113. The summed E-state index contributed by atoms with van der Waals surface area (Å²) in [5.41, 5.74) is 2.56. The zero-order valence-corrected chi connectivity index (χ0v) is 16.1. The van der Waals surface area contributed by atoms with Crippen molar-refractivity contribution in [2.24, 2.45) is 4.99 Å². The minimum atomic E-state index is -0.307. The Hall–Kier alpha value is -2.05. The van der Waals surface area contributed by atoms with Crippen LogP contribution in [0.4, 0.5) is 0 Å². The number of rotatable bonds is 4. The number of hydrogen-bond donors (Lipinski definition) is 1. The molecule has 0 atom stereocenters. The fourth-order valence-electron chi connectivity index (χ4n) is 2.34. The van der Waals surface area contributed by atoms with E-state index in [-0.39, 0.29) is 11.7 Å². The zero-order valence-electron chi connectivity index (χ0n) is 13.7. The number of carbonyl (C=O) groups excluding carboxylic acids is 1. The van der Waals surface area contributed by atoms with Gasteiger partial charge in [-0.3, -0.25) is 4.79 Å². The number of hydrogen-bond acceptors (Lipinski definition) is 4. The van der Waals surface area contributed by atoms with Gasteiger partial charge < -0.3 is 9.84 Å². The number of carbonyl (C=O) groups is 1. The molecule has 1 N–H and O–H groups in total. The third-order valence-corrected chi connectivity index (χ3v) is 5.07. The average Bonchev–Trinajstić information content (AvgIpc) is 2.93. The summed E-state index contributed by atoms with van der Waals surface area (Å²) in [6.45, 7) is 4.29. The number of ether oxygens (including phenoxy) is 1. The fraction of sp³-hybridized carbons (Fsp3) is 0.158. The maximum Gasteiger partial charge on any atom is 0.284 e. The Labute approximate surface area is 158 Å². The van der Waals surface area contributed by atoms with Gasteiger partial charge in [-0.25, -0.2) is 4.99 Å². The Balaban J connectivity index is 1.91. The van der Waals surface area contributed by atoms with Gasteiger partial charge in [0.1, 0.15) is 5.04 Å². The van der Waals surface area contributed by atoms with Crippen LogP contribution in [-0.2, 0) is 4.79 Å². The molecule has 0 radical (unpaired) electrons. The molecule has 0 saturated heterocycles. The highest BCUT2D eigenvalue weighted by Gasteiger charge is 2.23. The second-order valence-electron chi connectivity index (χ2n) is 5.47. The summed E-state index contributed by atoms with van der Waals surface area (Å²) in [4.78, 5) is 16.8. The van der Waals surface area contributed by atoms with E-state index in [9.17, 15) is 9.90 Å². The van der Waals surface area contributed by atoms with E-state index in [1.807, 2.05) is 38.1 Å². The van der Waals surface area contributed by atoms with Crippen molar-refractivity contribution in [3.63, 3.8) is 0 Å². The maximum absolute atomic E-state index is 12.2. The molecule has 4 nitrogen and oxygen atoms in total. The van der Waals surface area contributed by atoms with Gasteiger partial charge in [0.05, 0.1) is 11.5 Å². The van der Waals surface area contributed by atoms with Gasteiger partial charge in [0.15, 0.2) is 11.5 Å². The van der Waals surface area contributed by atoms with Crippen molar-refractivity contribution in [2.75, 3.05) is 6.61 Å². The first-order valence-corrected chi connectivity index (χ1v) is 9.33. The van der Waals surface area contributed by atoms with E-state index in [1.54, 1.807) is 18.2 Å². The summed E-state index contributed by atoms with van der Waals surface area (Å²) in [6, 6.07) is 11.3. The average molecular weight is 418 g/mol. The van der Waals surface area contributed by atoms with Crippen LogP contribution in [0.25, 0.3) is 6.08 Å². The molecule has 0 spiro atoms. The molecule has 0 saturated carbocycles. The highest BCUT2D eigenvalue weighted by Crippen LogP contribution is 2.38. The number of thioether (sulfide) groups is 1. The Bertz CT molecular complexity index is 888. The number of halogens is 1. The van der Waals surface area contributed by atoms with Crippen LogP contribution < -0.4 is 4.74 Å². The summed E-state index contributed by atoms with van der Waals surface area (Å²) < 4.78 is 6.18. The van der Waals surface area contributed by atoms with Gasteiger partial charge in [0.2, 0.25) is 0 Å². The normalized spacial score (nSPS) is 15.6. The first kappa shape index (κ1) is 17.8. The SMILES string of the molecule is CCOc1cc(Br)cc(/C=C2/SC(c3ccc(C)cc3)=NC2=O)c1O. The summed E-state index contributed by atoms with van der Waals surface area (Å²) in [6.07, 6.45) is 1.64.